The summed E-state index contributed by atoms with van der Waals surface area (Å²) in [5, 5.41) is 6.30. The van der Waals surface area contributed by atoms with Gasteiger partial charge < -0.3 is 20.1 Å². The summed E-state index contributed by atoms with van der Waals surface area (Å²) in [6.45, 7) is 9.81. The maximum absolute atomic E-state index is 11.9. The Morgan fingerprint density at radius 3 is 2.55 bits per heavy atom. The lowest BCUT2D eigenvalue weighted by Gasteiger charge is -2.24. The third-order valence-corrected chi connectivity index (χ3v) is 3.54. The van der Waals surface area contributed by atoms with Crippen LogP contribution in [0.3, 0.4) is 0 Å². The Morgan fingerprint density at radius 2 is 1.95 bits per heavy atom. The van der Waals surface area contributed by atoms with Crippen LogP contribution in [-0.4, -0.2) is 37.4 Å². The Morgan fingerprint density at radius 1 is 1.27 bits per heavy atom. The molecule has 1 aromatic rings. The summed E-state index contributed by atoms with van der Waals surface area (Å²) in [6, 6.07) is 8.11. The standard InChI is InChI=1S/C17H26N2O3/c1-5-21-13-8-6-12(7-9-13)14-10-18-11-15(14)19-16(20)22-17(2,3)4/h6-9,14-15,18H,5,10-11H2,1-4H3,(H,19,20)/t14-,15-/m1/s1. The monoisotopic (exact) mass is 306 g/mol. The molecular weight excluding hydrogens is 280 g/mol. The molecule has 1 aliphatic heterocycles. The molecule has 1 fully saturated rings. The van der Waals surface area contributed by atoms with Gasteiger partial charge in [-0.1, -0.05) is 12.1 Å². The molecule has 0 radical (unpaired) electrons. The topological polar surface area (TPSA) is 59.6 Å². The predicted molar refractivity (Wildman–Crippen MR) is 86.4 cm³/mol. The summed E-state index contributed by atoms with van der Waals surface area (Å²) in [4.78, 5) is 11.9. The summed E-state index contributed by atoms with van der Waals surface area (Å²) >= 11 is 0. The van der Waals surface area contributed by atoms with Crippen LogP contribution in [0.15, 0.2) is 24.3 Å². The Hall–Kier alpha value is -1.75. The van der Waals surface area contributed by atoms with Gasteiger partial charge in [0.1, 0.15) is 11.4 Å². The van der Waals surface area contributed by atoms with E-state index in [1.165, 1.54) is 5.56 Å². The SMILES string of the molecule is CCOc1ccc([C@H]2CNC[C@H]2NC(=O)OC(C)(C)C)cc1. The zero-order chi connectivity index (χ0) is 16.2. The van der Waals surface area contributed by atoms with Crippen LogP contribution in [0.2, 0.25) is 0 Å². The van der Waals surface area contributed by atoms with Crippen LogP contribution in [0.1, 0.15) is 39.2 Å². The molecule has 2 N–H and O–H groups in total. The van der Waals surface area contributed by atoms with Crippen LogP contribution in [-0.2, 0) is 4.74 Å². The van der Waals surface area contributed by atoms with Crippen molar-refractivity contribution in [1.82, 2.24) is 10.6 Å². The van der Waals surface area contributed by atoms with Gasteiger partial charge in [-0.2, -0.15) is 0 Å². The third-order valence-electron chi connectivity index (χ3n) is 3.54. The minimum Gasteiger partial charge on any atom is -0.494 e. The van der Waals surface area contributed by atoms with Crippen LogP contribution < -0.4 is 15.4 Å². The fraction of sp³-hybridized carbons (Fsp3) is 0.588. The molecule has 122 valence electrons. The molecule has 2 rings (SSSR count). The van der Waals surface area contributed by atoms with E-state index >= 15 is 0 Å². The highest BCUT2D eigenvalue weighted by molar-refractivity contribution is 5.68. The molecule has 1 amide bonds. The first-order chi connectivity index (χ1) is 10.4. The normalized spacial score (nSPS) is 21.5. The molecule has 1 aliphatic rings. The molecule has 1 aromatic carbocycles. The number of carbonyl (C=O) groups excluding carboxylic acids is 1. The van der Waals surface area contributed by atoms with E-state index in [0.29, 0.717) is 6.61 Å². The number of nitrogens with one attached hydrogen (secondary N) is 2. The molecule has 0 spiro atoms. The van der Waals surface area contributed by atoms with Gasteiger partial charge in [-0.3, -0.25) is 0 Å². The highest BCUT2D eigenvalue weighted by atomic mass is 16.6. The van der Waals surface area contributed by atoms with Gasteiger partial charge in [-0.15, -0.1) is 0 Å². The first kappa shape index (κ1) is 16.6. The van der Waals surface area contributed by atoms with E-state index < -0.39 is 5.60 Å². The van der Waals surface area contributed by atoms with Crippen LogP contribution in [0.5, 0.6) is 5.75 Å². The average Bonchev–Trinajstić information content (AvgIpc) is 2.86. The summed E-state index contributed by atoms with van der Waals surface area (Å²) in [5.41, 5.74) is 0.708. The molecule has 5 nitrogen and oxygen atoms in total. The number of carbonyl (C=O) groups is 1. The van der Waals surface area contributed by atoms with E-state index in [9.17, 15) is 4.79 Å². The first-order valence-electron chi connectivity index (χ1n) is 7.82. The van der Waals surface area contributed by atoms with Gasteiger partial charge in [0.2, 0.25) is 0 Å². The van der Waals surface area contributed by atoms with Crippen molar-refractivity contribution in [1.29, 1.82) is 0 Å². The number of rotatable bonds is 4. The van der Waals surface area contributed by atoms with Crippen molar-refractivity contribution in [2.24, 2.45) is 0 Å². The lowest BCUT2D eigenvalue weighted by molar-refractivity contribution is 0.0504. The van der Waals surface area contributed by atoms with Gasteiger partial charge in [0, 0.05) is 19.0 Å². The Kier molecular flexibility index (Phi) is 5.29. The zero-order valence-corrected chi connectivity index (χ0v) is 13.8. The second-order valence-electron chi connectivity index (χ2n) is 6.52. The number of benzene rings is 1. The fourth-order valence-corrected chi connectivity index (χ4v) is 2.62. The van der Waals surface area contributed by atoms with E-state index in [1.807, 2.05) is 39.8 Å². The van der Waals surface area contributed by atoms with Crippen LogP contribution in [0, 0.1) is 0 Å². The number of hydrogen-bond acceptors (Lipinski definition) is 4. The number of ether oxygens (including phenoxy) is 2. The minimum atomic E-state index is -0.481. The molecule has 1 heterocycles. The van der Waals surface area contributed by atoms with Crippen molar-refractivity contribution in [2.75, 3.05) is 19.7 Å². The highest BCUT2D eigenvalue weighted by Crippen LogP contribution is 2.25. The lowest BCUT2D eigenvalue weighted by Crippen LogP contribution is -2.42. The Labute approximate surface area is 132 Å². The second-order valence-corrected chi connectivity index (χ2v) is 6.52. The van der Waals surface area contributed by atoms with E-state index in [1.54, 1.807) is 0 Å². The van der Waals surface area contributed by atoms with Crippen LogP contribution in [0.25, 0.3) is 0 Å². The van der Waals surface area contributed by atoms with Crippen molar-refractivity contribution in [3.63, 3.8) is 0 Å². The molecule has 0 unspecified atom stereocenters. The number of hydrogen-bond donors (Lipinski definition) is 2. The first-order valence-corrected chi connectivity index (χ1v) is 7.82. The number of amides is 1. The largest absolute Gasteiger partial charge is 0.494 e. The molecular formula is C17H26N2O3. The van der Waals surface area contributed by atoms with Crippen LogP contribution in [0.4, 0.5) is 4.79 Å². The predicted octanol–water partition coefficient (Wildman–Crippen LogP) is 2.67. The van der Waals surface area contributed by atoms with Gasteiger partial charge in [-0.25, -0.2) is 4.79 Å². The second kappa shape index (κ2) is 7.01. The molecule has 22 heavy (non-hydrogen) atoms. The number of alkyl carbamates (subject to hydrolysis) is 1. The highest BCUT2D eigenvalue weighted by Gasteiger charge is 2.31. The maximum atomic E-state index is 11.9. The van der Waals surface area contributed by atoms with Gasteiger partial charge in [0.05, 0.1) is 12.6 Å². The van der Waals surface area contributed by atoms with Crippen molar-refractivity contribution in [2.45, 2.75) is 45.3 Å². The Bertz CT molecular complexity index is 494. The summed E-state index contributed by atoms with van der Waals surface area (Å²) in [5.74, 6) is 1.11. The van der Waals surface area contributed by atoms with Gasteiger partial charge in [0.15, 0.2) is 0 Å². The van der Waals surface area contributed by atoms with Crippen molar-refractivity contribution >= 4 is 6.09 Å². The van der Waals surface area contributed by atoms with Crippen molar-refractivity contribution in [3.05, 3.63) is 29.8 Å². The molecule has 0 aliphatic carbocycles. The molecule has 1 saturated heterocycles. The van der Waals surface area contributed by atoms with Gasteiger partial charge in [-0.05, 0) is 45.4 Å². The smallest absolute Gasteiger partial charge is 0.407 e. The summed E-state index contributed by atoms with van der Waals surface area (Å²) in [6.07, 6.45) is -0.364. The minimum absolute atomic E-state index is 0.0350. The average molecular weight is 306 g/mol. The van der Waals surface area contributed by atoms with Crippen LogP contribution >= 0.6 is 0 Å². The maximum Gasteiger partial charge on any atom is 0.407 e. The lowest BCUT2D eigenvalue weighted by atomic mass is 9.94. The fourth-order valence-electron chi connectivity index (χ4n) is 2.62. The molecule has 2 atom stereocenters. The zero-order valence-electron chi connectivity index (χ0n) is 13.8. The van der Waals surface area contributed by atoms with E-state index in [4.69, 9.17) is 9.47 Å². The molecule has 5 heteroatoms. The molecule has 0 aromatic heterocycles. The van der Waals surface area contributed by atoms with Crippen molar-refractivity contribution < 1.29 is 14.3 Å². The molecule has 0 saturated carbocycles. The summed E-state index contributed by atoms with van der Waals surface area (Å²) < 4.78 is 10.8. The van der Waals surface area contributed by atoms with Gasteiger partial charge in [0.25, 0.3) is 0 Å². The van der Waals surface area contributed by atoms with E-state index in [2.05, 4.69) is 22.8 Å². The third kappa shape index (κ3) is 4.63. The summed E-state index contributed by atoms with van der Waals surface area (Å²) in [7, 11) is 0. The van der Waals surface area contributed by atoms with Crippen molar-refractivity contribution in [3.8, 4) is 5.75 Å². The Balaban J connectivity index is 1.99. The van der Waals surface area contributed by atoms with E-state index in [-0.39, 0.29) is 18.1 Å². The van der Waals surface area contributed by atoms with E-state index in [0.717, 1.165) is 18.8 Å². The quantitative estimate of drug-likeness (QED) is 0.898. The van der Waals surface area contributed by atoms with Gasteiger partial charge >= 0.3 is 6.09 Å². The molecule has 0 bridgehead atoms.